The molecule has 9 nitrogen and oxygen atoms in total. The highest BCUT2D eigenvalue weighted by Crippen LogP contribution is 2.17. The summed E-state index contributed by atoms with van der Waals surface area (Å²) in [6.07, 6.45) is 4.77. The Morgan fingerprint density at radius 2 is 1.96 bits per heavy atom. The summed E-state index contributed by atoms with van der Waals surface area (Å²) in [6, 6.07) is 5.38. The van der Waals surface area contributed by atoms with Gasteiger partial charge in [0, 0.05) is 35.8 Å². The van der Waals surface area contributed by atoms with Gasteiger partial charge in [0.15, 0.2) is 5.82 Å². The summed E-state index contributed by atoms with van der Waals surface area (Å²) < 4.78 is 2.77. The van der Waals surface area contributed by atoms with Crippen molar-refractivity contribution in [1.29, 1.82) is 0 Å². The summed E-state index contributed by atoms with van der Waals surface area (Å²) in [4.78, 5) is 37.5. The Morgan fingerprint density at radius 1 is 1.22 bits per heavy atom. The van der Waals surface area contributed by atoms with Gasteiger partial charge in [0.25, 0.3) is 11.3 Å². The van der Waals surface area contributed by atoms with E-state index < -0.39 is 0 Å². The van der Waals surface area contributed by atoms with Crippen LogP contribution in [-0.2, 0) is 4.79 Å². The molecular weight excluding hydrogens is 346 g/mol. The zero-order valence-corrected chi connectivity index (χ0v) is 15.0. The molecule has 0 saturated heterocycles. The zero-order chi connectivity index (χ0) is 19.1. The lowest BCUT2D eigenvalue weighted by molar-refractivity contribution is -0.119. The van der Waals surface area contributed by atoms with Crippen LogP contribution < -0.4 is 11.0 Å². The van der Waals surface area contributed by atoms with Crippen molar-refractivity contribution in [3.05, 3.63) is 52.8 Å². The zero-order valence-electron chi connectivity index (χ0n) is 15.0. The lowest BCUT2D eigenvalue weighted by atomic mass is 10.2. The van der Waals surface area contributed by atoms with Crippen LogP contribution in [0.2, 0.25) is 0 Å². The number of fused-ring (bicyclic) bond motifs is 3. The van der Waals surface area contributed by atoms with Crippen molar-refractivity contribution in [2.45, 2.75) is 20.8 Å². The molecule has 27 heavy (non-hydrogen) atoms. The van der Waals surface area contributed by atoms with E-state index in [4.69, 9.17) is 0 Å². The van der Waals surface area contributed by atoms with Gasteiger partial charge in [-0.25, -0.2) is 9.66 Å². The van der Waals surface area contributed by atoms with E-state index >= 15 is 0 Å². The number of rotatable bonds is 3. The van der Waals surface area contributed by atoms with Gasteiger partial charge in [-0.3, -0.25) is 20.0 Å². The predicted molar refractivity (Wildman–Crippen MR) is 99.7 cm³/mol. The SMILES string of the molecule is Cc1cc2c(cnc3nc(-c4ccncc4)nn32)c(=O)n1NC(=O)C(C)C. The van der Waals surface area contributed by atoms with Crippen molar-refractivity contribution in [2.75, 3.05) is 5.43 Å². The molecule has 4 aromatic rings. The topological polar surface area (TPSA) is 107 Å². The molecule has 0 aliphatic rings. The van der Waals surface area contributed by atoms with E-state index in [1.54, 1.807) is 51.4 Å². The van der Waals surface area contributed by atoms with Crippen LogP contribution in [0.4, 0.5) is 0 Å². The van der Waals surface area contributed by atoms with E-state index in [0.29, 0.717) is 28.2 Å². The summed E-state index contributed by atoms with van der Waals surface area (Å²) in [5.74, 6) is 0.393. The van der Waals surface area contributed by atoms with Crippen LogP contribution >= 0.6 is 0 Å². The highest BCUT2D eigenvalue weighted by Gasteiger charge is 2.16. The maximum absolute atomic E-state index is 12.9. The summed E-state index contributed by atoms with van der Waals surface area (Å²) >= 11 is 0. The minimum atomic E-state index is -0.366. The molecule has 136 valence electrons. The normalized spacial score (nSPS) is 11.4. The number of nitrogens with zero attached hydrogens (tertiary/aromatic N) is 6. The number of nitrogens with one attached hydrogen (secondary N) is 1. The van der Waals surface area contributed by atoms with Crippen LogP contribution in [-0.4, -0.2) is 35.1 Å². The fourth-order valence-electron chi connectivity index (χ4n) is 2.70. The first-order chi connectivity index (χ1) is 13.0. The van der Waals surface area contributed by atoms with Crippen molar-refractivity contribution in [2.24, 2.45) is 5.92 Å². The van der Waals surface area contributed by atoms with Gasteiger partial charge < -0.3 is 0 Å². The van der Waals surface area contributed by atoms with Gasteiger partial charge in [-0.05, 0) is 25.1 Å². The summed E-state index contributed by atoms with van der Waals surface area (Å²) in [5.41, 5.74) is 4.22. The molecule has 4 rings (SSSR count). The average molecular weight is 363 g/mol. The lowest BCUT2D eigenvalue weighted by Crippen LogP contribution is -2.36. The number of hydrogen-bond acceptors (Lipinski definition) is 6. The van der Waals surface area contributed by atoms with E-state index in [0.717, 1.165) is 5.56 Å². The number of aromatic nitrogens is 6. The van der Waals surface area contributed by atoms with Crippen LogP contribution in [0.1, 0.15) is 19.5 Å². The first kappa shape index (κ1) is 16.8. The minimum absolute atomic E-state index is 0.241. The number of carbonyl (C=O) groups is 1. The Kier molecular flexibility index (Phi) is 3.91. The second-order valence-electron chi connectivity index (χ2n) is 6.50. The highest BCUT2D eigenvalue weighted by atomic mass is 16.2. The Balaban J connectivity index is 1.91. The molecule has 0 aliphatic carbocycles. The highest BCUT2D eigenvalue weighted by molar-refractivity contribution is 5.86. The number of pyridine rings is 2. The molecule has 4 aromatic heterocycles. The molecule has 0 radical (unpaired) electrons. The van der Waals surface area contributed by atoms with Crippen molar-refractivity contribution < 1.29 is 4.79 Å². The molecule has 0 atom stereocenters. The van der Waals surface area contributed by atoms with Gasteiger partial charge in [-0.2, -0.15) is 9.50 Å². The number of aryl methyl sites for hydroxylation is 1. The average Bonchev–Trinajstić information content (AvgIpc) is 3.10. The van der Waals surface area contributed by atoms with E-state index in [1.165, 1.54) is 15.4 Å². The largest absolute Gasteiger partial charge is 0.280 e. The summed E-state index contributed by atoms with van der Waals surface area (Å²) in [5, 5.41) is 4.83. The third-order valence-corrected chi connectivity index (χ3v) is 4.22. The van der Waals surface area contributed by atoms with Gasteiger partial charge in [-0.15, -0.1) is 5.10 Å². The molecule has 1 amide bonds. The Hall–Kier alpha value is -3.62. The number of amides is 1. The summed E-state index contributed by atoms with van der Waals surface area (Å²) in [6.45, 7) is 5.27. The van der Waals surface area contributed by atoms with E-state index in [2.05, 4.69) is 25.5 Å². The fraction of sp³-hybridized carbons (Fsp3) is 0.222. The van der Waals surface area contributed by atoms with Gasteiger partial charge in [0.2, 0.25) is 5.91 Å². The summed E-state index contributed by atoms with van der Waals surface area (Å²) in [7, 11) is 0. The Morgan fingerprint density at radius 3 is 2.67 bits per heavy atom. The van der Waals surface area contributed by atoms with Gasteiger partial charge in [0.05, 0.1) is 10.9 Å². The fourth-order valence-corrected chi connectivity index (χ4v) is 2.70. The molecule has 1 N–H and O–H groups in total. The molecular formula is C18H17N7O2. The first-order valence-corrected chi connectivity index (χ1v) is 8.45. The molecule has 0 bridgehead atoms. The van der Waals surface area contributed by atoms with Crippen LogP contribution in [0.15, 0.2) is 41.6 Å². The van der Waals surface area contributed by atoms with E-state index in [1.807, 2.05) is 0 Å². The van der Waals surface area contributed by atoms with Gasteiger partial charge >= 0.3 is 0 Å². The van der Waals surface area contributed by atoms with Crippen molar-refractivity contribution in [3.8, 4) is 11.4 Å². The molecule has 0 spiro atoms. The van der Waals surface area contributed by atoms with E-state index in [-0.39, 0.29) is 17.4 Å². The molecule has 0 saturated carbocycles. The number of hydrogen-bond donors (Lipinski definition) is 1. The van der Waals surface area contributed by atoms with Crippen LogP contribution in [0.25, 0.3) is 28.1 Å². The molecule has 9 heteroatoms. The van der Waals surface area contributed by atoms with Crippen molar-refractivity contribution >= 4 is 22.6 Å². The molecule has 4 heterocycles. The Bertz CT molecular complexity index is 1230. The smallest absolute Gasteiger partial charge is 0.273 e. The third kappa shape index (κ3) is 2.82. The van der Waals surface area contributed by atoms with Gasteiger partial charge in [-0.1, -0.05) is 13.8 Å². The molecule has 0 aromatic carbocycles. The predicted octanol–water partition coefficient (Wildman–Crippen LogP) is 1.54. The second kappa shape index (κ2) is 6.27. The molecule has 0 aliphatic heterocycles. The standard InChI is InChI=1S/C18H17N7O2/c1-10(2)16(26)23-24-11(3)8-14-13(17(24)27)9-20-18-21-15(22-25(14)18)12-4-6-19-7-5-12/h4-10H,1-3H3,(H,23,26). The lowest BCUT2D eigenvalue weighted by Gasteiger charge is -2.14. The van der Waals surface area contributed by atoms with E-state index in [9.17, 15) is 9.59 Å². The Labute approximate surface area is 153 Å². The second-order valence-corrected chi connectivity index (χ2v) is 6.50. The van der Waals surface area contributed by atoms with Crippen molar-refractivity contribution in [1.82, 2.24) is 29.2 Å². The first-order valence-electron chi connectivity index (χ1n) is 8.45. The molecule has 0 fully saturated rings. The van der Waals surface area contributed by atoms with Crippen molar-refractivity contribution in [3.63, 3.8) is 0 Å². The van der Waals surface area contributed by atoms with Crippen LogP contribution in [0.3, 0.4) is 0 Å². The van der Waals surface area contributed by atoms with Gasteiger partial charge in [0.1, 0.15) is 0 Å². The monoisotopic (exact) mass is 363 g/mol. The maximum Gasteiger partial charge on any atom is 0.280 e. The number of carbonyl (C=O) groups excluding carboxylic acids is 1. The third-order valence-electron chi connectivity index (χ3n) is 4.22. The minimum Gasteiger partial charge on any atom is -0.273 e. The maximum atomic E-state index is 12.9. The quantitative estimate of drug-likeness (QED) is 0.592. The molecule has 0 unspecified atom stereocenters. The van der Waals surface area contributed by atoms with Crippen LogP contribution in [0, 0.1) is 12.8 Å². The van der Waals surface area contributed by atoms with Crippen LogP contribution in [0.5, 0.6) is 0 Å².